The molecule has 0 fully saturated rings. The van der Waals surface area contributed by atoms with E-state index >= 15 is 0 Å². The summed E-state index contributed by atoms with van der Waals surface area (Å²) in [5, 5.41) is 3.57. The molecule has 0 atom stereocenters. The zero-order valence-electron chi connectivity index (χ0n) is 16.5. The molecule has 0 unspecified atom stereocenters. The Morgan fingerprint density at radius 1 is 1.10 bits per heavy atom. The largest absolute Gasteiger partial charge is 0.497 e. The number of methoxy groups -OCH3 is 1. The smallest absolute Gasteiger partial charge is 0.248 e. The first-order valence-corrected chi connectivity index (χ1v) is 9.70. The van der Waals surface area contributed by atoms with Crippen molar-refractivity contribution in [2.75, 3.05) is 12.4 Å². The average molecular weight is 419 g/mol. The maximum Gasteiger partial charge on any atom is 0.248 e. The van der Waals surface area contributed by atoms with E-state index in [9.17, 15) is 4.79 Å². The van der Waals surface area contributed by atoms with Gasteiger partial charge in [0, 0.05) is 28.4 Å². The van der Waals surface area contributed by atoms with Crippen LogP contribution in [0.4, 0.5) is 5.69 Å². The molecule has 0 bridgehead atoms. The summed E-state index contributed by atoms with van der Waals surface area (Å²) < 4.78 is 11.1. The lowest BCUT2D eigenvalue weighted by molar-refractivity contribution is -0.111. The Bertz CT molecular complexity index is 1240. The van der Waals surface area contributed by atoms with Gasteiger partial charge in [-0.1, -0.05) is 29.8 Å². The number of ether oxygens (including phenoxy) is 1. The molecule has 4 aromatic rings. The Morgan fingerprint density at radius 2 is 1.90 bits per heavy atom. The molecule has 1 N–H and O–H groups in total. The molecule has 0 aliphatic heterocycles. The molecule has 1 aromatic heterocycles. The van der Waals surface area contributed by atoms with E-state index in [4.69, 9.17) is 20.8 Å². The number of nitrogens with one attached hydrogen (secondary N) is 1. The number of halogens is 1. The number of carbonyl (C=O) groups excluding carboxylic acids is 1. The quantitative estimate of drug-likeness (QED) is 0.397. The van der Waals surface area contributed by atoms with E-state index in [0.29, 0.717) is 33.4 Å². The zero-order chi connectivity index (χ0) is 21.1. The second kappa shape index (κ2) is 8.43. The summed E-state index contributed by atoms with van der Waals surface area (Å²) in [6, 6.07) is 18.4. The second-order valence-corrected chi connectivity index (χ2v) is 7.19. The van der Waals surface area contributed by atoms with Crippen LogP contribution in [0.1, 0.15) is 11.1 Å². The van der Waals surface area contributed by atoms with Gasteiger partial charge in [-0.15, -0.1) is 0 Å². The number of aromatic nitrogens is 1. The van der Waals surface area contributed by atoms with Crippen LogP contribution in [0.3, 0.4) is 0 Å². The van der Waals surface area contributed by atoms with Crippen molar-refractivity contribution >= 4 is 40.4 Å². The molecule has 1 heterocycles. The van der Waals surface area contributed by atoms with Crippen molar-refractivity contribution < 1.29 is 13.9 Å². The van der Waals surface area contributed by atoms with Gasteiger partial charge in [-0.25, -0.2) is 4.98 Å². The molecule has 5 nitrogen and oxygen atoms in total. The van der Waals surface area contributed by atoms with Gasteiger partial charge in [-0.3, -0.25) is 4.79 Å². The molecule has 1 amide bonds. The van der Waals surface area contributed by atoms with Gasteiger partial charge < -0.3 is 14.5 Å². The van der Waals surface area contributed by atoms with Crippen LogP contribution in [0.2, 0.25) is 5.02 Å². The lowest BCUT2D eigenvalue weighted by Crippen LogP contribution is -2.09. The fourth-order valence-electron chi connectivity index (χ4n) is 2.97. The predicted molar refractivity (Wildman–Crippen MR) is 120 cm³/mol. The fourth-order valence-corrected chi connectivity index (χ4v) is 3.09. The molecule has 0 aliphatic rings. The van der Waals surface area contributed by atoms with Crippen molar-refractivity contribution in [2.24, 2.45) is 0 Å². The van der Waals surface area contributed by atoms with Crippen LogP contribution in [0.25, 0.3) is 28.6 Å². The number of anilines is 1. The summed E-state index contributed by atoms with van der Waals surface area (Å²) in [6.07, 6.45) is 3.22. The SMILES string of the molecule is COc1ccc2oc(-c3ccc(C)c(NC(=O)C=Cc4ccc(Cl)cc4)c3)nc2c1. The molecule has 0 aliphatic carbocycles. The molecular formula is C24H19ClN2O3. The zero-order valence-corrected chi connectivity index (χ0v) is 17.2. The topological polar surface area (TPSA) is 64.4 Å². The molecule has 0 radical (unpaired) electrons. The molecule has 3 aromatic carbocycles. The average Bonchev–Trinajstić information content (AvgIpc) is 3.18. The number of amides is 1. The van der Waals surface area contributed by atoms with E-state index in [0.717, 1.165) is 16.7 Å². The van der Waals surface area contributed by atoms with Crippen molar-refractivity contribution in [3.8, 4) is 17.2 Å². The van der Waals surface area contributed by atoms with Crippen LogP contribution in [-0.4, -0.2) is 18.0 Å². The minimum Gasteiger partial charge on any atom is -0.497 e. The number of hydrogen-bond acceptors (Lipinski definition) is 4. The van der Waals surface area contributed by atoms with Gasteiger partial charge in [0.15, 0.2) is 5.58 Å². The standard InChI is InChI=1S/C24H19ClN2O3/c1-15-3-7-17(24-27-21-14-19(29-2)10-11-22(21)30-24)13-20(15)26-23(28)12-6-16-4-8-18(25)9-5-16/h3-14H,1-2H3,(H,26,28). The van der Waals surface area contributed by atoms with Crippen molar-refractivity contribution in [3.63, 3.8) is 0 Å². The van der Waals surface area contributed by atoms with Gasteiger partial charge in [-0.2, -0.15) is 0 Å². The number of aryl methyl sites for hydroxylation is 1. The first kappa shape index (κ1) is 19.7. The van der Waals surface area contributed by atoms with Gasteiger partial charge in [0.05, 0.1) is 7.11 Å². The summed E-state index contributed by atoms with van der Waals surface area (Å²) in [7, 11) is 1.61. The monoisotopic (exact) mass is 418 g/mol. The van der Waals surface area contributed by atoms with Crippen LogP contribution in [0, 0.1) is 6.92 Å². The third kappa shape index (κ3) is 4.36. The Hall–Kier alpha value is -3.57. The van der Waals surface area contributed by atoms with Gasteiger partial charge in [0.1, 0.15) is 11.3 Å². The van der Waals surface area contributed by atoms with E-state index in [1.54, 1.807) is 25.3 Å². The Labute approximate surface area is 179 Å². The number of nitrogens with zero attached hydrogens (tertiary/aromatic N) is 1. The van der Waals surface area contributed by atoms with Crippen LogP contribution in [-0.2, 0) is 4.79 Å². The number of hydrogen-bond donors (Lipinski definition) is 1. The molecule has 0 spiro atoms. The van der Waals surface area contributed by atoms with Crippen LogP contribution >= 0.6 is 11.6 Å². The van der Waals surface area contributed by atoms with E-state index in [2.05, 4.69) is 10.3 Å². The number of oxazole rings is 1. The highest BCUT2D eigenvalue weighted by molar-refractivity contribution is 6.30. The molecular weight excluding hydrogens is 400 g/mol. The minimum atomic E-state index is -0.229. The summed E-state index contributed by atoms with van der Waals surface area (Å²) >= 11 is 5.88. The molecule has 6 heteroatoms. The summed E-state index contributed by atoms with van der Waals surface area (Å²) in [5.41, 5.74) is 4.67. The van der Waals surface area contributed by atoms with E-state index in [-0.39, 0.29) is 5.91 Å². The van der Waals surface area contributed by atoms with Gasteiger partial charge >= 0.3 is 0 Å². The summed E-state index contributed by atoms with van der Waals surface area (Å²) in [5.74, 6) is 0.963. The maximum absolute atomic E-state index is 12.4. The molecule has 0 saturated carbocycles. The van der Waals surface area contributed by atoms with Gasteiger partial charge in [-0.05, 0) is 60.5 Å². The first-order valence-electron chi connectivity index (χ1n) is 9.32. The minimum absolute atomic E-state index is 0.229. The molecule has 0 saturated heterocycles. The number of rotatable bonds is 5. The Morgan fingerprint density at radius 3 is 2.67 bits per heavy atom. The number of benzene rings is 3. The number of fused-ring (bicyclic) bond motifs is 1. The first-order chi connectivity index (χ1) is 14.5. The third-order valence-corrected chi connectivity index (χ3v) is 4.89. The Kier molecular flexibility index (Phi) is 5.55. The van der Waals surface area contributed by atoms with Crippen molar-refractivity contribution in [2.45, 2.75) is 6.92 Å². The Balaban J connectivity index is 1.55. The third-order valence-electron chi connectivity index (χ3n) is 4.63. The predicted octanol–water partition coefficient (Wildman–Crippen LogP) is 6.12. The fraction of sp³-hybridized carbons (Fsp3) is 0.0833. The second-order valence-electron chi connectivity index (χ2n) is 6.76. The van der Waals surface area contributed by atoms with Gasteiger partial charge in [0.2, 0.25) is 11.8 Å². The lowest BCUT2D eigenvalue weighted by Gasteiger charge is -2.08. The van der Waals surface area contributed by atoms with Crippen LogP contribution in [0.5, 0.6) is 5.75 Å². The highest BCUT2D eigenvalue weighted by atomic mass is 35.5. The lowest BCUT2D eigenvalue weighted by atomic mass is 10.1. The van der Waals surface area contributed by atoms with Crippen LogP contribution < -0.4 is 10.1 Å². The normalized spacial score (nSPS) is 11.2. The molecule has 150 valence electrons. The highest BCUT2D eigenvalue weighted by Crippen LogP contribution is 2.29. The summed E-state index contributed by atoms with van der Waals surface area (Å²) in [4.78, 5) is 16.9. The van der Waals surface area contributed by atoms with Crippen molar-refractivity contribution in [3.05, 3.63) is 82.9 Å². The van der Waals surface area contributed by atoms with E-state index < -0.39 is 0 Å². The van der Waals surface area contributed by atoms with E-state index in [1.807, 2.05) is 55.5 Å². The van der Waals surface area contributed by atoms with Gasteiger partial charge in [0.25, 0.3) is 0 Å². The summed E-state index contributed by atoms with van der Waals surface area (Å²) in [6.45, 7) is 1.93. The van der Waals surface area contributed by atoms with E-state index in [1.165, 1.54) is 6.08 Å². The number of carbonyl (C=O) groups is 1. The maximum atomic E-state index is 12.4. The van der Waals surface area contributed by atoms with Crippen LogP contribution in [0.15, 0.2) is 71.2 Å². The van der Waals surface area contributed by atoms with Crippen molar-refractivity contribution in [1.82, 2.24) is 4.98 Å². The highest BCUT2D eigenvalue weighted by Gasteiger charge is 2.11. The molecule has 4 rings (SSSR count). The molecule has 30 heavy (non-hydrogen) atoms. The van der Waals surface area contributed by atoms with Crippen molar-refractivity contribution in [1.29, 1.82) is 0 Å².